The lowest BCUT2D eigenvalue weighted by Gasteiger charge is -2.24. The minimum absolute atomic E-state index is 0.309. The lowest BCUT2D eigenvalue weighted by Crippen LogP contribution is -2.25. The van der Waals surface area contributed by atoms with E-state index < -0.39 is 0 Å². The van der Waals surface area contributed by atoms with Gasteiger partial charge in [-0.3, -0.25) is 4.90 Å². The van der Waals surface area contributed by atoms with Crippen molar-refractivity contribution in [3.63, 3.8) is 0 Å². The molecule has 1 aliphatic rings. The van der Waals surface area contributed by atoms with Gasteiger partial charge in [0.25, 0.3) is 0 Å². The van der Waals surface area contributed by atoms with Crippen molar-refractivity contribution < 1.29 is 14.2 Å². The molecule has 1 aliphatic heterocycles. The highest BCUT2D eigenvalue weighted by atomic mass is 16.7. The van der Waals surface area contributed by atoms with Gasteiger partial charge in [0.15, 0.2) is 11.5 Å². The molecule has 33 heavy (non-hydrogen) atoms. The first-order chi connectivity index (χ1) is 16.3. The lowest BCUT2D eigenvalue weighted by atomic mass is 10.0. The number of fused-ring (bicyclic) bond motifs is 2. The maximum Gasteiger partial charge on any atom is 0.231 e. The summed E-state index contributed by atoms with van der Waals surface area (Å²) in [6, 6.07) is 29.9. The van der Waals surface area contributed by atoms with Crippen LogP contribution in [0.1, 0.15) is 23.6 Å². The van der Waals surface area contributed by atoms with Crippen molar-refractivity contribution in [3.8, 4) is 17.2 Å². The molecule has 0 spiro atoms. The van der Waals surface area contributed by atoms with E-state index in [9.17, 15) is 0 Å². The summed E-state index contributed by atoms with van der Waals surface area (Å²) in [4.78, 5) is 2.52. The van der Waals surface area contributed by atoms with Crippen LogP contribution in [0.2, 0.25) is 0 Å². The molecule has 0 N–H and O–H groups in total. The van der Waals surface area contributed by atoms with E-state index in [2.05, 4.69) is 83.8 Å². The molecule has 0 amide bonds. The zero-order valence-corrected chi connectivity index (χ0v) is 19.0. The molecule has 5 rings (SSSR count). The van der Waals surface area contributed by atoms with Crippen LogP contribution in [0, 0.1) is 0 Å². The summed E-state index contributed by atoms with van der Waals surface area (Å²) in [5.41, 5.74) is 3.89. The number of nitrogens with zero attached hydrogens (tertiary/aromatic N) is 1. The Morgan fingerprint density at radius 3 is 2.45 bits per heavy atom. The van der Waals surface area contributed by atoms with E-state index in [-0.39, 0.29) is 0 Å². The van der Waals surface area contributed by atoms with Crippen molar-refractivity contribution >= 4 is 10.8 Å². The molecular formula is C29H29NO3. The van der Waals surface area contributed by atoms with E-state index in [4.69, 9.17) is 14.2 Å². The smallest absolute Gasteiger partial charge is 0.231 e. The van der Waals surface area contributed by atoms with Crippen LogP contribution in [-0.4, -0.2) is 24.8 Å². The molecule has 0 unspecified atom stereocenters. The zero-order chi connectivity index (χ0) is 22.5. The van der Waals surface area contributed by atoms with Crippen LogP contribution < -0.4 is 14.2 Å². The van der Waals surface area contributed by atoms with Gasteiger partial charge in [0.2, 0.25) is 6.79 Å². The van der Waals surface area contributed by atoms with Gasteiger partial charge in [-0.2, -0.15) is 0 Å². The number of rotatable bonds is 9. The largest absolute Gasteiger partial charge is 0.494 e. The third-order valence-corrected chi connectivity index (χ3v) is 6.07. The van der Waals surface area contributed by atoms with E-state index in [1.54, 1.807) is 0 Å². The Labute approximate surface area is 195 Å². The second-order valence-corrected chi connectivity index (χ2v) is 8.36. The standard InChI is InChI=1S/C29H29NO3/c1-2-31-26-13-10-23(11-14-26)19-30(17-16-22-12-15-28-29(18-22)33-21-32-28)20-25-8-5-7-24-6-3-4-9-27(24)25/h3-15,18H,2,16-17,19-21H2,1H3. The van der Waals surface area contributed by atoms with Crippen molar-refractivity contribution in [1.82, 2.24) is 4.90 Å². The Balaban J connectivity index is 1.36. The Morgan fingerprint density at radius 1 is 0.788 bits per heavy atom. The van der Waals surface area contributed by atoms with Gasteiger partial charge in [0, 0.05) is 19.6 Å². The van der Waals surface area contributed by atoms with Gasteiger partial charge in [-0.1, -0.05) is 60.7 Å². The van der Waals surface area contributed by atoms with Crippen LogP contribution in [-0.2, 0) is 19.5 Å². The van der Waals surface area contributed by atoms with Gasteiger partial charge in [-0.15, -0.1) is 0 Å². The molecule has 0 aromatic heterocycles. The van der Waals surface area contributed by atoms with Crippen molar-refractivity contribution in [2.75, 3.05) is 19.9 Å². The molecule has 0 radical (unpaired) electrons. The Bertz CT molecular complexity index is 1210. The topological polar surface area (TPSA) is 30.9 Å². The maximum atomic E-state index is 5.62. The maximum absolute atomic E-state index is 5.62. The number of hydrogen-bond acceptors (Lipinski definition) is 4. The van der Waals surface area contributed by atoms with Crippen LogP contribution in [0.5, 0.6) is 17.2 Å². The molecular weight excluding hydrogens is 410 g/mol. The van der Waals surface area contributed by atoms with Crippen LogP contribution in [0.25, 0.3) is 10.8 Å². The van der Waals surface area contributed by atoms with Crippen molar-refractivity contribution in [2.45, 2.75) is 26.4 Å². The second-order valence-electron chi connectivity index (χ2n) is 8.36. The monoisotopic (exact) mass is 439 g/mol. The quantitative estimate of drug-likeness (QED) is 0.310. The molecule has 4 nitrogen and oxygen atoms in total. The zero-order valence-electron chi connectivity index (χ0n) is 19.0. The molecule has 1 heterocycles. The third-order valence-electron chi connectivity index (χ3n) is 6.07. The predicted molar refractivity (Wildman–Crippen MR) is 132 cm³/mol. The summed E-state index contributed by atoms with van der Waals surface area (Å²) >= 11 is 0. The summed E-state index contributed by atoms with van der Waals surface area (Å²) in [7, 11) is 0. The van der Waals surface area contributed by atoms with Crippen LogP contribution in [0.3, 0.4) is 0 Å². The summed E-state index contributed by atoms with van der Waals surface area (Å²) in [5, 5.41) is 2.60. The van der Waals surface area contributed by atoms with E-state index >= 15 is 0 Å². The second kappa shape index (κ2) is 9.97. The summed E-state index contributed by atoms with van der Waals surface area (Å²) in [6.45, 7) is 5.71. The normalized spacial score (nSPS) is 12.4. The first-order valence-electron chi connectivity index (χ1n) is 11.6. The Morgan fingerprint density at radius 2 is 1.58 bits per heavy atom. The molecule has 4 heteroatoms. The van der Waals surface area contributed by atoms with E-state index in [0.29, 0.717) is 13.4 Å². The fourth-order valence-electron chi connectivity index (χ4n) is 4.38. The molecule has 168 valence electrons. The van der Waals surface area contributed by atoms with Crippen LogP contribution >= 0.6 is 0 Å². The molecule has 0 fully saturated rings. The summed E-state index contributed by atoms with van der Waals surface area (Å²) in [6.07, 6.45) is 0.943. The van der Waals surface area contributed by atoms with E-state index in [0.717, 1.165) is 43.3 Å². The van der Waals surface area contributed by atoms with Gasteiger partial charge in [0.05, 0.1) is 6.61 Å². The fraction of sp³-hybridized carbons (Fsp3) is 0.241. The Hall–Kier alpha value is -3.50. The highest BCUT2D eigenvalue weighted by Gasteiger charge is 2.15. The minimum Gasteiger partial charge on any atom is -0.494 e. The molecule has 0 saturated heterocycles. The molecule has 0 aliphatic carbocycles. The van der Waals surface area contributed by atoms with Crippen LogP contribution in [0.4, 0.5) is 0 Å². The predicted octanol–water partition coefficient (Wildman–Crippen LogP) is 6.21. The average molecular weight is 440 g/mol. The number of ether oxygens (including phenoxy) is 3. The van der Waals surface area contributed by atoms with E-state index in [1.807, 2.05) is 13.0 Å². The summed E-state index contributed by atoms with van der Waals surface area (Å²) in [5.74, 6) is 2.60. The number of hydrogen-bond donors (Lipinski definition) is 0. The third kappa shape index (κ3) is 5.12. The Kier molecular flexibility index (Phi) is 6.45. The molecule has 4 aromatic carbocycles. The van der Waals surface area contributed by atoms with Gasteiger partial charge in [0.1, 0.15) is 5.75 Å². The highest BCUT2D eigenvalue weighted by molar-refractivity contribution is 5.85. The van der Waals surface area contributed by atoms with E-state index in [1.165, 1.54) is 27.5 Å². The van der Waals surface area contributed by atoms with Crippen molar-refractivity contribution in [3.05, 3.63) is 102 Å². The summed E-state index contributed by atoms with van der Waals surface area (Å²) < 4.78 is 16.6. The molecule has 0 bridgehead atoms. The van der Waals surface area contributed by atoms with Gasteiger partial charge in [-0.25, -0.2) is 0 Å². The van der Waals surface area contributed by atoms with Crippen LogP contribution in [0.15, 0.2) is 84.9 Å². The van der Waals surface area contributed by atoms with Gasteiger partial charge < -0.3 is 14.2 Å². The number of benzene rings is 4. The van der Waals surface area contributed by atoms with Crippen molar-refractivity contribution in [2.24, 2.45) is 0 Å². The molecule has 0 atom stereocenters. The van der Waals surface area contributed by atoms with Gasteiger partial charge >= 0.3 is 0 Å². The molecule has 4 aromatic rings. The highest BCUT2D eigenvalue weighted by Crippen LogP contribution is 2.32. The SMILES string of the molecule is CCOc1ccc(CN(CCc2ccc3c(c2)OCO3)Cc2cccc3ccccc23)cc1. The van der Waals surface area contributed by atoms with Gasteiger partial charge in [-0.05, 0) is 65.1 Å². The average Bonchev–Trinajstić information content (AvgIpc) is 3.32. The first-order valence-corrected chi connectivity index (χ1v) is 11.6. The lowest BCUT2D eigenvalue weighted by molar-refractivity contribution is 0.174. The fourth-order valence-corrected chi connectivity index (χ4v) is 4.38. The molecule has 0 saturated carbocycles. The van der Waals surface area contributed by atoms with Crippen molar-refractivity contribution in [1.29, 1.82) is 0 Å². The first kappa shape index (κ1) is 21.4. The minimum atomic E-state index is 0.309.